The highest BCUT2D eigenvalue weighted by atomic mass is 19.4. The summed E-state index contributed by atoms with van der Waals surface area (Å²) in [5, 5.41) is 1.29. The summed E-state index contributed by atoms with van der Waals surface area (Å²) in [7, 11) is 1.09. The van der Waals surface area contributed by atoms with Crippen LogP contribution >= 0.6 is 0 Å². The highest BCUT2D eigenvalue weighted by Gasteiger charge is 2.76. The van der Waals surface area contributed by atoms with Crippen molar-refractivity contribution in [1.82, 2.24) is 0 Å². The number of carbonyl (C=O) groups excluding carboxylic acids is 1. The van der Waals surface area contributed by atoms with E-state index in [9.17, 15) is 35.5 Å². The van der Waals surface area contributed by atoms with Crippen LogP contribution in [0.25, 0.3) is 0 Å². The van der Waals surface area contributed by atoms with Gasteiger partial charge in [-0.2, -0.15) is 30.7 Å². The van der Waals surface area contributed by atoms with Crippen LogP contribution in [0.2, 0.25) is 0 Å². The van der Waals surface area contributed by atoms with Gasteiger partial charge in [-0.1, -0.05) is 12.1 Å². The molecular weight excluding hydrogens is 311 g/mol. The minimum atomic E-state index is -6.57. The monoisotopic (exact) mass is 319 g/mol. The fourth-order valence-electron chi connectivity index (χ4n) is 1.27. The molecule has 3 nitrogen and oxygen atoms in total. The number of alkyl halides is 7. The van der Waals surface area contributed by atoms with Crippen molar-refractivity contribution in [2.75, 3.05) is 12.4 Å². The molecule has 0 aromatic heterocycles. The Labute approximate surface area is 113 Å². The molecule has 1 N–H and O–H groups in total. The summed E-state index contributed by atoms with van der Waals surface area (Å²) in [6, 6.07) is 4.79. The highest BCUT2D eigenvalue weighted by molar-refractivity contribution is 5.98. The van der Waals surface area contributed by atoms with Crippen molar-refractivity contribution in [3.8, 4) is 5.75 Å². The van der Waals surface area contributed by atoms with Gasteiger partial charge in [-0.05, 0) is 12.1 Å². The molecule has 0 unspecified atom stereocenters. The van der Waals surface area contributed by atoms with E-state index in [2.05, 4.69) is 4.74 Å². The zero-order chi connectivity index (χ0) is 16.5. The number of methoxy groups -OCH3 is 1. The van der Waals surface area contributed by atoms with Crippen LogP contribution < -0.4 is 10.1 Å². The second-order valence-electron chi connectivity index (χ2n) is 3.80. The molecule has 1 rings (SSSR count). The van der Waals surface area contributed by atoms with E-state index < -0.39 is 29.6 Å². The first kappa shape index (κ1) is 17.1. The number of amides is 1. The maximum Gasteiger partial charge on any atom is 0.460 e. The molecule has 0 aliphatic carbocycles. The summed E-state index contributed by atoms with van der Waals surface area (Å²) in [5.41, 5.74) is -0.470. The Morgan fingerprint density at radius 3 is 2.05 bits per heavy atom. The molecule has 0 saturated carbocycles. The van der Waals surface area contributed by atoms with Gasteiger partial charge in [0.05, 0.1) is 12.8 Å². The Kier molecular flexibility index (Phi) is 4.40. The van der Waals surface area contributed by atoms with Gasteiger partial charge in [0.15, 0.2) is 0 Å². The molecule has 0 fully saturated rings. The predicted molar refractivity (Wildman–Crippen MR) is 57.6 cm³/mol. The van der Waals surface area contributed by atoms with Crippen LogP contribution in [0.5, 0.6) is 5.75 Å². The van der Waals surface area contributed by atoms with Crippen LogP contribution in [0.3, 0.4) is 0 Å². The molecule has 0 heterocycles. The van der Waals surface area contributed by atoms with Gasteiger partial charge < -0.3 is 10.1 Å². The molecule has 0 atom stereocenters. The molecule has 1 aromatic carbocycles. The fraction of sp³-hybridized carbons (Fsp3) is 0.364. The lowest BCUT2D eigenvalue weighted by Gasteiger charge is -2.27. The van der Waals surface area contributed by atoms with Crippen molar-refractivity contribution >= 4 is 11.6 Å². The van der Waals surface area contributed by atoms with Crippen molar-refractivity contribution in [1.29, 1.82) is 0 Å². The lowest BCUT2D eigenvalue weighted by atomic mass is 10.1. The number of benzene rings is 1. The Balaban J connectivity index is 3.08. The van der Waals surface area contributed by atoms with Gasteiger partial charge >= 0.3 is 23.9 Å². The number of halogens is 7. The molecule has 21 heavy (non-hydrogen) atoms. The predicted octanol–water partition coefficient (Wildman–Crippen LogP) is 3.47. The van der Waals surface area contributed by atoms with Gasteiger partial charge in [-0.3, -0.25) is 4.79 Å². The standard InChI is InChI=1S/C11H8F7NO2/c1-21-7-5-3-2-4-6(7)19-8(20)9(12,13)10(14,15)11(16,17)18/h2-5H,1H3,(H,19,20). The topological polar surface area (TPSA) is 38.3 Å². The molecule has 0 bridgehead atoms. The van der Waals surface area contributed by atoms with Crippen LogP contribution in [0, 0.1) is 0 Å². The third kappa shape index (κ3) is 3.03. The first-order valence-corrected chi connectivity index (χ1v) is 5.22. The summed E-state index contributed by atoms with van der Waals surface area (Å²) in [5.74, 6) is -15.5. The largest absolute Gasteiger partial charge is 0.495 e. The normalized spacial score (nSPS) is 13.0. The van der Waals surface area contributed by atoms with E-state index in [0.717, 1.165) is 13.2 Å². The van der Waals surface area contributed by atoms with E-state index in [1.165, 1.54) is 23.5 Å². The first-order chi connectivity index (χ1) is 9.45. The third-order valence-electron chi connectivity index (χ3n) is 2.39. The van der Waals surface area contributed by atoms with Gasteiger partial charge in [0.25, 0.3) is 0 Å². The van der Waals surface area contributed by atoms with Crippen molar-refractivity contribution in [2.24, 2.45) is 0 Å². The zero-order valence-corrected chi connectivity index (χ0v) is 10.3. The minimum Gasteiger partial charge on any atom is -0.495 e. The second-order valence-corrected chi connectivity index (χ2v) is 3.80. The number of nitrogens with one attached hydrogen (secondary N) is 1. The molecular formula is C11H8F7NO2. The van der Waals surface area contributed by atoms with E-state index in [1.54, 1.807) is 0 Å². The van der Waals surface area contributed by atoms with Crippen LogP contribution in [0.15, 0.2) is 24.3 Å². The molecule has 0 aliphatic rings. The molecule has 10 heteroatoms. The van der Waals surface area contributed by atoms with Crippen LogP contribution in [0.1, 0.15) is 0 Å². The van der Waals surface area contributed by atoms with E-state index in [1.807, 2.05) is 0 Å². The summed E-state index contributed by atoms with van der Waals surface area (Å²) < 4.78 is 92.0. The number of hydrogen-bond acceptors (Lipinski definition) is 2. The number of ether oxygens (including phenoxy) is 1. The van der Waals surface area contributed by atoms with E-state index in [-0.39, 0.29) is 5.75 Å². The number of para-hydroxylation sites is 2. The smallest absolute Gasteiger partial charge is 0.460 e. The summed E-state index contributed by atoms with van der Waals surface area (Å²) in [6.07, 6.45) is -6.57. The summed E-state index contributed by atoms with van der Waals surface area (Å²) in [6.45, 7) is 0. The molecule has 0 spiro atoms. The van der Waals surface area contributed by atoms with Gasteiger partial charge in [0, 0.05) is 0 Å². The quantitative estimate of drug-likeness (QED) is 0.863. The first-order valence-electron chi connectivity index (χ1n) is 5.22. The SMILES string of the molecule is COc1ccccc1NC(=O)C(F)(F)C(F)(F)C(F)(F)F. The van der Waals surface area contributed by atoms with Crippen LogP contribution in [0.4, 0.5) is 36.4 Å². The molecule has 0 saturated heterocycles. The number of carbonyl (C=O) groups is 1. The van der Waals surface area contributed by atoms with Crippen molar-refractivity contribution in [3.63, 3.8) is 0 Å². The third-order valence-corrected chi connectivity index (χ3v) is 2.39. The minimum absolute atomic E-state index is 0.183. The Hall–Kier alpha value is -2.00. The van der Waals surface area contributed by atoms with Crippen molar-refractivity contribution in [3.05, 3.63) is 24.3 Å². The van der Waals surface area contributed by atoms with Crippen molar-refractivity contribution in [2.45, 2.75) is 18.0 Å². The van der Waals surface area contributed by atoms with E-state index in [0.29, 0.717) is 0 Å². The number of anilines is 1. The Morgan fingerprint density at radius 2 is 1.57 bits per heavy atom. The molecule has 1 aromatic rings. The summed E-state index contributed by atoms with van der Waals surface area (Å²) in [4.78, 5) is 11.1. The molecule has 118 valence electrons. The summed E-state index contributed by atoms with van der Waals surface area (Å²) >= 11 is 0. The van der Waals surface area contributed by atoms with Gasteiger partial charge in [-0.15, -0.1) is 0 Å². The van der Waals surface area contributed by atoms with Gasteiger partial charge in [0.1, 0.15) is 5.75 Å². The second kappa shape index (κ2) is 5.41. The Morgan fingerprint density at radius 1 is 1.05 bits per heavy atom. The maximum atomic E-state index is 13.1. The molecule has 0 radical (unpaired) electrons. The number of rotatable bonds is 4. The maximum absolute atomic E-state index is 13.1. The fourth-order valence-corrected chi connectivity index (χ4v) is 1.27. The zero-order valence-electron chi connectivity index (χ0n) is 10.3. The van der Waals surface area contributed by atoms with E-state index in [4.69, 9.17) is 0 Å². The van der Waals surface area contributed by atoms with Crippen molar-refractivity contribution < 1.29 is 40.3 Å². The van der Waals surface area contributed by atoms with Gasteiger partial charge in [-0.25, -0.2) is 0 Å². The Bertz CT molecular complexity index is 528. The van der Waals surface area contributed by atoms with Crippen LogP contribution in [-0.4, -0.2) is 31.0 Å². The molecule has 1 amide bonds. The average molecular weight is 319 g/mol. The van der Waals surface area contributed by atoms with E-state index >= 15 is 0 Å². The average Bonchev–Trinajstić information content (AvgIpc) is 2.37. The highest BCUT2D eigenvalue weighted by Crippen LogP contribution is 2.47. The molecule has 0 aliphatic heterocycles. The number of hydrogen-bond donors (Lipinski definition) is 1. The van der Waals surface area contributed by atoms with Crippen LogP contribution in [-0.2, 0) is 4.79 Å². The lowest BCUT2D eigenvalue weighted by Crippen LogP contribution is -2.57. The lowest BCUT2D eigenvalue weighted by molar-refractivity contribution is -0.343. The van der Waals surface area contributed by atoms with Gasteiger partial charge in [0.2, 0.25) is 0 Å².